The van der Waals surface area contributed by atoms with Crippen LogP contribution in [0.5, 0.6) is 0 Å². The highest BCUT2D eigenvalue weighted by molar-refractivity contribution is 5.89. The molecule has 1 aromatic heterocycles. The normalized spacial score (nSPS) is 10.4. The number of hydrogen-bond acceptors (Lipinski definition) is 4. The third kappa shape index (κ3) is 3.24. The number of carbonyl (C=O) groups is 1. The van der Waals surface area contributed by atoms with E-state index in [1.165, 1.54) is 0 Å². The summed E-state index contributed by atoms with van der Waals surface area (Å²) >= 11 is 0. The molecule has 1 amide bonds. The predicted octanol–water partition coefficient (Wildman–Crippen LogP) is 3.78. The Hall–Kier alpha value is -4.24. The first kappa shape index (κ1) is 17.2. The van der Waals surface area contributed by atoms with E-state index in [0.717, 1.165) is 27.8 Å². The van der Waals surface area contributed by atoms with Crippen LogP contribution in [0.15, 0.2) is 72.8 Å². The van der Waals surface area contributed by atoms with Crippen LogP contribution in [-0.4, -0.2) is 21.1 Å². The Bertz CT molecular complexity index is 1220. The molecule has 0 fully saturated rings. The fraction of sp³-hybridized carbons (Fsp3) is 0. The molecule has 0 saturated carbocycles. The summed E-state index contributed by atoms with van der Waals surface area (Å²) in [6.07, 6.45) is 0. The summed E-state index contributed by atoms with van der Waals surface area (Å²) in [5.74, 6) is -0.230. The van der Waals surface area contributed by atoms with Crippen LogP contribution in [0, 0.1) is 11.3 Å². The van der Waals surface area contributed by atoms with E-state index in [1.54, 1.807) is 6.07 Å². The third-order valence-electron chi connectivity index (χ3n) is 4.38. The van der Waals surface area contributed by atoms with Gasteiger partial charge < -0.3 is 5.73 Å². The predicted molar refractivity (Wildman–Crippen MR) is 106 cm³/mol. The SMILES string of the molecule is N#Cc1cccc(-c2ccccc2-c2cccc(-c3n[nH]c(C(N)=O)n3)c2)c1. The molecule has 1 heterocycles. The lowest BCUT2D eigenvalue weighted by molar-refractivity contribution is 0.0991. The zero-order valence-corrected chi connectivity index (χ0v) is 14.8. The highest BCUT2D eigenvalue weighted by Crippen LogP contribution is 2.33. The van der Waals surface area contributed by atoms with E-state index >= 15 is 0 Å². The van der Waals surface area contributed by atoms with Crippen molar-refractivity contribution >= 4 is 5.91 Å². The summed E-state index contributed by atoms with van der Waals surface area (Å²) in [7, 11) is 0. The smallest absolute Gasteiger partial charge is 0.286 e. The molecule has 4 rings (SSSR count). The molecule has 28 heavy (non-hydrogen) atoms. The summed E-state index contributed by atoms with van der Waals surface area (Å²) in [4.78, 5) is 15.4. The van der Waals surface area contributed by atoms with Crippen molar-refractivity contribution < 1.29 is 4.79 Å². The number of aromatic amines is 1. The van der Waals surface area contributed by atoms with Gasteiger partial charge in [0.05, 0.1) is 11.6 Å². The monoisotopic (exact) mass is 365 g/mol. The number of amides is 1. The number of nitriles is 1. The number of rotatable bonds is 4. The second-order valence-corrected chi connectivity index (χ2v) is 6.19. The van der Waals surface area contributed by atoms with Gasteiger partial charge in [0.2, 0.25) is 5.82 Å². The van der Waals surface area contributed by atoms with Gasteiger partial charge in [-0.3, -0.25) is 9.89 Å². The number of benzene rings is 3. The third-order valence-corrected chi connectivity index (χ3v) is 4.38. The van der Waals surface area contributed by atoms with Gasteiger partial charge in [-0.05, 0) is 40.5 Å². The van der Waals surface area contributed by atoms with Crippen LogP contribution in [0.2, 0.25) is 0 Å². The highest BCUT2D eigenvalue weighted by Gasteiger charge is 2.12. The average molecular weight is 365 g/mol. The van der Waals surface area contributed by atoms with Crippen LogP contribution < -0.4 is 5.73 Å². The largest absolute Gasteiger partial charge is 0.363 e. The molecule has 0 unspecified atom stereocenters. The Kier molecular flexibility index (Phi) is 4.40. The van der Waals surface area contributed by atoms with Crippen LogP contribution in [-0.2, 0) is 0 Å². The van der Waals surface area contributed by atoms with E-state index in [9.17, 15) is 10.1 Å². The molecule has 0 bridgehead atoms. The van der Waals surface area contributed by atoms with Gasteiger partial charge in [-0.15, -0.1) is 0 Å². The topological polar surface area (TPSA) is 108 Å². The van der Waals surface area contributed by atoms with Crippen molar-refractivity contribution in [3.8, 4) is 39.7 Å². The van der Waals surface area contributed by atoms with E-state index < -0.39 is 5.91 Å². The van der Waals surface area contributed by atoms with Gasteiger partial charge in [-0.25, -0.2) is 4.98 Å². The van der Waals surface area contributed by atoms with Crippen molar-refractivity contribution in [1.29, 1.82) is 5.26 Å². The maximum atomic E-state index is 11.3. The summed E-state index contributed by atoms with van der Waals surface area (Å²) in [5, 5.41) is 15.8. The maximum Gasteiger partial charge on any atom is 0.286 e. The van der Waals surface area contributed by atoms with E-state index in [4.69, 9.17) is 5.73 Å². The molecule has 3 N–H and O–H groups in total. The fourth-order valence-corrected chi connectivity index (χ4v) is 3.07. The average Bonchev–Trinajstić information content (AvgIpc) is 3.25. The lowest BCUT2D eigenvalue weighted by Crippen LogP contribution is -2.12. The Morgan fingerprint density at radius 3 is 2.18 bits per heavy atom. The second kappa shape index (κ2) is 7.17. The van der Waals surface area contributed by atoms with Crippen LogP contribution in [0.4, 0.5) is 0 Å². The molecule has 0 radical (unpaired) electrons. The van der Waals surface area contributed by atoms with Crippen LogP contribution in [0.1, 0.15) is 16.2 Å². The van der Waals surface area contributed by atoms with Crippen molar-refractivity contribution in [2.45, 2.75) is 0 Å². The Morgan fingerprint density at radius 2 is 1.54 bits per heavy atom. The van der Waals surface area contributed by atoms with E-state index in [-0.39, 0.29) is 5.82 Å². The van der Waals surface area contributed by atoms with Gasteiger partial charge in [0, 0.05) is 5.56 Å². The minimum absolute atomic E-state index is 0.0223. The van der Waals surface area contributed by atoms with Gasteiger partial charge in [0.25, 0.3) is 5.91 Å². The van der Waals surface area contributed by atoms with Crippen LogP contribution in [0.3, 0.4) is 0 Å². The lowest BCUT2D eigenvalue weighted by Gasteiger charge is -2.11. The Morgan fingerprint density at radius 1 is 0.893 bits per heavy atom. The first-order chi connectivity index (χ1) is 13.7. The summed E-state index contributed by atoms with van der Waals surface area (Å²) in [6, 6.07) is 25.4. The van der Waals surface area contributed by atoms with Gasteiger partial charge >= 0.3 is 0 Å². The molecular formula is C22H15N5O. The Labute approximate surface area is 161 Å². The molecule has 134 valence electrons. The standard InChI is InChI=1S/C22H15N5O/c23-13-14-5-3-6-15(11-14)18-9-1-2-10-19(18)16-7-4-8-17(12-16)21-25-22(20(24)28)27-26-21/h1-12H,(H2,24,28)(H,25,26,27). The molecule has 6 heteroatoms. The number of nitrogens with one attached hydrogen (secondary N) is 1. The summed E-state index contributed by atoms with van der Waals surface area (Å²) in [6.45, 7) is 0. The maximum absolute atomic E-state index is 11.3. The number of aromatic nitrogens is 3. The van der Waals surface area contributed by atoms with Gasteiger partial charge in [-0.1, -0.05) is 54.6 Å². The summed E-state index contributed by atoms with van der Waals surface area (Å²) in [5.41, 5.74) is 10.6. The van der Waals surface area contributed by atoms with Crippen molar-refractivity contribution in [1.82, 2.24) is 15.2 Å². The van der Waals surface area contributed by atoms with E-state index in [1.807, 2.05) is 66.7 Å². The zero-order chi connectivity index (χ0) is 19.5. The molecule has 4 aromatic rings. The number of carbonyl (C=O) groups excluding carboxylic acids is 1. The van der Waals surface area contributed by atoms with Crippen LogP contribution >= 0.6 is 0 Å². The van der Waals surface area contributed by atoms with Crippen molar-refractivity contribution in [2.24, 2.45) is 5.73 Å². The van der Waals surface area contributed by atoms with Crippen molar-refractivity contribution in [2.75, 3.05) is 0 Å². The van der Waals surface area contributed by atoms with E-state index in [2.05, 4.69) is 21.3 Å². The molecule has 3 aromatic carbocycles. The summed E-state index contributed by atoms with van der Waals surface area (Å²) < 4.78 is 0. The number of primary amides is 1. The quantitative estimate of drug-likeness (QED) is 0.573. The number of nitrogens with zero attached hydrogens (tertiary/aromatic N) is 3. The lowest BCUT2D eigenvalue weighted by atomic mass is 9.93. The number of nitrogens with two attached hydrogens (primary N) is 1. The zero-order valence-electron chi connectivity index (χ0n) is 14.8. The van der Waals surface area contributed by atoms with Crippen LogP contribution in [0.25, 0.3) is 33.6 Å². The van der Waals surface area contributed by atoms with Crippen molar-refractivity contribution in [3.05, 3.63) is 84.2 Å². The van der Waals surface area contributed by atoms with Gasteiger partial charge in [0.15, 0.2) is 5.82 Å². The van der Waals surface area contributed by atoms with Gasteiger partial charge in [-0.2, -0.15) is 10.4 Å². The molecule has 0 aliphatic carbocycles. The molecular weight excluding hydrogens is 350 g/mol. The minimum Gasteiger partial charge on any atom is -0.363 e. The number of hydrogen-bond donors (Lipinski definition) is 2. The Balaban J connectivity index is 1.80. The molecule has 0 aliphatic heterocycles. The fourth-order valence-electron chi connectivity index (χ4n) is 3.07. The second-order valence-electron chi connectivity index (χ2n) is 6.19. The first-order valence-electron chi connectivity index (χ1n) is 8.58. The molecule has 0 spiro atoms. The highest BCUT2D eigenvalue weighted by atomic mass is 16.1. The molecule has 0 aliphatic rings. The van der Waals surface area contributed by atoms with Gasteiger partial charge in [0.1, 0.15) is 0 Å². The van der Waals surface area contributed by atoms with Crippen molar-refractivity contribution in [3.63, 3.8) is 0 Å². The molecule has 0 atom stereocenters. The number of H-pyrrole nitrogens is 1. The molecule has 0 saturated heterocycles. The molecule has 6 nitrogen and oxygen atoms in total. The minimum atomic E-state index is -0.655. The van der Waals surface area contributed by atoms with E-state index in [0.29, 0.717) is 11.4 Å². The first-order valence-corrected chi connectivity index (χ1v) is 8.58.